The average Bonchev–Trinajstić information content (AvgIpc) is 3.45. The maximum atomic E-state index is 12.9. The molecule has 2 unspecified atom stereocenters. The number of nitrogens with zero attached hydrogens (tertiary/aromatic N) is 1. The van der Waals surface area contributed by atoms with Gasteiger partial charge >= 0.3 is 0 Å². The Labute approximate surface area is 137 Å². The van der Waals surface area contributed by atoms with E-state index in [0.29, 0.717) is 32.2 Å². The van der Waals surface area contributed by atoms with Crippen molar-refractivity contribution in [1.29, 1.82) is 0 Å². The minimum atomic E-state index is -0.608. The molecule has 3 rings (SSSR count). The van der Waals surface area contributed by atoms with Gasteiger partial charge in [0.25, 0.3) is 0 Å². The summed E-state index contributed by atoms with van der Waals surface area (Å²) in [4.78, 5) is 27.2. The second kappa shape index (κ2) is 7.13. The second-order valence-corrected chi connectivity index (χ2v) is 6.42. The number of rotatable bonds is 5. The monoisotopic (exact) mass is 316 g/mol. The fourth-order valence-corrected chi connectivity index (χ4v) is 2.98. The van der Waals surface area contributed by atoms with E-state index in [1.807, 2.05) is 37.3 Å². The van der Waals surface area contributed by atoms with Crippen LogP contribution in [0.25, 0.3) is 0 Å². The average molecular weight is 316 g/mol. The summed E-state index contributed by atoms with van der Waals surface area (Å²) in [5.41, 5.74) is 0.834. The number of morpholine rings is 1. The number of nitrogens with one attached hydrogen (secondary N) is 1. The van der Waals surface area contributed by atoms with E-state index >= 15 is 0 Å². The predicted octanol–water partition coefficient (Wildman–Crippen LogP) is 1.75. The minimum absolute atomic E-state index is 0.0250. The van der Waals surface area contributed by atoms with Gasteiger partial charge in [0.15, 0.2) is 0 Å². The number of hydrogen-bond acceptors (Lipinski definition) is 3. The standard InChI is InChI=1S/C18H24N2O3/c1-13(14-7-8-14)17(21)19-16(15-5-3-2-4-6-15)18(22)20-9-11-23-12-10-20/h2-6,13-14,16H,7-12H2,1H3,(H,19,21). The first-order chi connectivity index (χ1) is 11.2. The molecule has 1 heterocycles. The minimum Gasteiger partial charge on any atom is -0.378 e. The molecule has 2 fully saturated rings. The van der Waals surface area contributed by atoms with E-state index in [0.717, 1.165) is 18.4 Å². The highest BCUT2D eigenvalue weighted by Gasteiger charge is 2.35. The van der Waals surface area contributed by atoms with Crippen molar-refractivity contribution in [3.8, 4) is 0 Å². The molecule has 1 saturated heterocycles. The van der Waals surface area contributed by atoms with Gasteiger partial charge in [-0.25, -0.2) is 0 Å². The van der Waals surface area contributed by atoms with Crippen molar-refractivity contribution in [2.24, 2.45) is 11.8 Å². The number of carbonyl (C=O) groups excluding carboxylic acids is 2. The van der Waals surface area contributed by atoms with Crippen LogP contribution >= 0.6 is 0 Å². The fraction of sp³-hybridized carbons (Fsp3) is 0.556. The normalized spacial score (nSPS) is 20.7. The molecular formula is C18H24N2O3. The summed E-state index contributed by atoms with van der Waals surface area (Å²) in [5.74, 6) is 0.377. The highest BCUT2D eigenvalue weighted by Crippen LogP contribution is 2.37. The van der Waals surface area contributed by atoms with Crippen molar-refractivity contribution in [1.82, 2.24) is 10.2 Å². The van der Waals surface area contributed by atoms with Crippen LogP contribution in [0.15, 0.2) is 30.3 Å². The Morgan fingerprint density at radius 1 is 1.17 bits per heavy atom. The first kappa shape index (κ1) is 16.0. The van der Waals surface area contributed by atoms with Gasteiger partial charge in [-0.15, -0.1) is 0 Å². The maximum absolute atomic E-state index is 12.9. The van der Waals surface area contributed by atoms with E-state index in [1.54, 1.807) is 4.90 Å². The van der Waals surface area contributed by atoms with Crippen LogP contribution in [0.2, 0.25) is 0 Å². The fourth-order valence-electron chi connectivity index (χ4n) is 2.98. The molecule has 1 saturated carbocycles. The van der Waals surface area contributed by atoms with Crippen molar-refractivity contribution < 1.29 is 14.3 Å². The van der Waals surface area contributed by atoms with Crippen molar-refractivity contribution in [2.45, 2.75) is 25.8 Å². The largest absolute Gasteiger partial charge is 0.378 e. The number of benzene rings is 1. The molecule has 124 valence electrons. The van der Waals surface area contributed by atoms with Gasteiger partial charge in [-0.1, -0.05) is 37.3 Å². The van der Waals surface area contributed by atoms with Gasteiger partial charge in [0, 0.05) is 19.0 Å². The summed E-state index contributed by atoms with van der Waals surface area (Å²) >= 11 is 0. The summed E-state index contributed by atoms with van der Waals surface area (Å²) in [5, 5.41) is 2.98. The number of hydrogen-bond donors (Lipinski definition) is 1. The van der Waals surface area contributed by atoms with E-state index in [-0.39, 0.29) is 17.7 Å². The van der Waals surface area contributed by atoms with Crippen LogP contribution in [-0.4, -0.2) is 43.0 Å². The Kier molecular flexibility index (Phi) is 4.96. The summed E-state index contributed by atoms with van der Waals surface area (Å²) < 4.78 is 5.31. The lowest BCUT2D eigenvalue weighted by Gasteiger charge is -2.31. The summed E-state index contributed by atoms with van der Waals surface area (Å²) in [6.45, 7) is 4.22. The smallest absolute Gasteiger partial charge is 0.249 e. The van der Waals surface area contributed by atoms with Crippen LogP contribution in [0.1, 0.15) is 31.4 Å². The molecule has 1 N–H and O–H groups in total. The lowest BCUT2D eigenvalue weighted by Crippen LogP contribution is -2.48. The van der Waals surface area contributed by atoms with Crippen molar-refractivity contribution >= 4 is 11.8 Å². The van der Waals surface area contributed by atoms with E-state index in [4.69, 9.17) is 4.74 Å². The van der Waals surface area contributed by atoms with Gasteiger partial charge in [-0.05, 0) is 24.3 Å². The first-order valence-electron chi connectivity index (χ1n) is 8.38. The molecular weight excluding hydrogens is 292 g/mol. The van der Waals surface area contributed by atoms with Crippen LogP contribution in [0, 0.1) is 11.8 Å². The summed E-state index contributed by atoms with van der Waals surface area (Å²) in [6.07, 6.45) is 2.23. The molecule has 0 bridgehead atoms. The second-order valence-electron chi connectivity index (χ2n) is 6.42. The molecule has 0 radical (unpaired) electrons. The van der Waals surface area contributed by atoms with Gasteiger partial charge in [0.2, 0.25) is 11.8 Å². The lowest BCUT2D eigenvalue weighted by atomic mass is 10.0. The van der Waals surface area contributed by atoms with E-state index in [2.05, 4.69) is 5.32 Å². The van der Waals surface area contributed by atoms with Crippen molar-refractivity contribution in [2.75, 3.05) is 26.3 Å². The van der Waals surface area contributed by atoms with E-state index in [9.17, 15) is 9.59 Å². The molecule has 0 spiro atoms. The molecule has 23 heavy (non-hydrogen) atoms. The zero-order valence-corrected chi connectivity index (χ0v) is 13.5. The quantitative estimate of drug-likeness (QED) is 0.900. The molecule has 2 atom stereocenters. The van der Waals surface area contributed by atoms with Gasteiger partial charge in [0.1, 0.15) is 6.04 Å². The van der Waals surface area contributed by atoms with E-state index < -0.39 is 6.04 Å². The van der Waals surface area contributed by atoms with Gasteiger partial charge in [-0.2, -0.15) is 0 Å². The van der Waals surface area contributed by atoms with Crippen molar-refractivity contribution in [3.63, 3.8) is 0 Å². The number of ether oxygens (including phenoxy) is 1. The van der Waals surface area contributed by atoms with Crippen LogP contribution < -0.4 is 5.32 Å². The number of carbonyl (C=O) groups is 2. The van der Waals surface area contributed by atoms with Crippen LogP contribution in [0.3, 0.4) is 0 Å². The Balaban J connectivity index is 1.75. The zero-order valence-electron chi connectivity index (χ0n) is 13.5. The lowest BCUT2D eigenvalue weighted by molar-refractivity contribution is -0.140. The van der Waals surface area contributed by atoms with Crippen LogP contribution in [0.4, 0.5) is 0 Å². The molecule has 0 aromatic heterocycles. The highest BCUT2D eigenvalue weighted by molar-refractivity contribution is 5.89. The third-order valence-electron chi connectivity index (χ3n) is 4.73. The van der Waals surface area contributed by atoms with Gasteiger partial charge in [0.05, 0.1) is 13.2 Å². The molecule has 2 amide bonds. The molecule has 1 aromatic rings. The Hall–Kier alpha value is -1.88. The summed E-state index contributed by atoms with van der Waals surface area (Å²) in [6, 6.07) is 8.88. The zero-order chi connectivity index (χ0) is 16.2. The summed E-state index contributed by atoms with van der Waals surface area (Å²) in [7, 11) is 0. The Morgan fingerprint density at radius 2 is 1.83 bits per heavy atom. The predicted molar refractivity (Wildman–Crippen MR) is 86.6 cm³/mol. The van der Waals surface area contributed by atoms with E-state index in [1.165, 1.54) is 0 Å². The third-order valence-corrected chi connectivity index (χ3v) is 4.73. The molecule has 2 aliphatic rings. The number of amides is 2. The Morgan fingerprint density at radius 3 is 2.43 bits per heavy atom. The van der Waals surface area contributed by atoms with Crippen molar-refractivity contribution in [3.05, 3.63) is 35.9 Å². The van der Waals surface area contributed by atoms with Gasteiger partial charge < -0.3 is 15.0 Å². The molecule has 5 nitrogen and oxygen atoms in total. The third kappa shape index (κ3) is 3.91. The molecule has 1 aliphatic heterocycles. The molecule has 1 aliphatic carbocycles. The SMILES string of the molecule is CC(C(=O)NC(C(=O)N1CCOCC1)c1ccccc1)C1CC1. The Bertz CT molecular complexity index is 551. The highest BCUT2D eigenvalue weighted by atomic mass is 16.5. The molecule has 5 heteroatoms. The van der Waals surface area contributed by atoms with Gasteiger partial charge in [-0.3, -0.25) is 9.59 Å². The maximum Gasteiger partial charge on any atom is 0.249 e. The topological polar surface area (TPSA) is 58.6 Å². The first-order valence-corrected chi connectivity index (χ1v) is 8.38. The van der Waals surface area contributed by atoms with Crippen LogP contribution in [0.5, 0.6) is 0 Å². The molecule has 1 aromatic carbocycles. The van der Waals surface area contributed by atoms with Crippen LogP contribution in [-0.2, 0) is 14.3 Å².